The fourth-order valence-corrected chi connectivity index (χ4v) is 6.04. The van der Waals surface area contributed by atoms with E-state index in [2.05, 4.69) is 9.97 Å². The molecular formula is C36H25N5O8S2. The number of nitrogens with zero attached hydrogens (tertiary/aromatic N) is 4. The standard InChI is InChI=1S/C21H13N3O4S.C15H12N2O4S/c25-21(26)17-11-14(20-23-18(12-29-20)13-7-9-22-10-8-13)5-6-15(17)16-3-1-2-4-19(16)24(27)28;1-21-15(18)12-8-9(14(16)22)6-7-10(12)11-4-2-3-5-13(11)17(19)20/h1-12H,(H,25,26);2-8H,1H3,(H2,16,22). The van der Waals surface area contributed by atoms with Gasteiger partial charge in [0.1, 0.15) is 10.00 Å². The van der Waals surface area contributed by atoms with Gasteiger partial charge in [-0.2, -0.15) is 0 Å². The Morgan fingerprint density at radius 3 is 1.90 bits per heavy atom. The summed E-state index contributed by atoms with van der Waals surface area (Å²) in [5.41, 5.74) is 9.54. The number of thiocarbonyl (C=S) groups is 1. The molecule has 3 N–H and O–H groups in total. The molecule has 4 aromatic carbocycles. The zero-order chi connectivity index (χ0) is 36.7. The van der Waals surface area contributed by atoms with E-state index in [1.165, 1.54) is 42.7 Å². The summed E-state index contributed by atoms with van der Waals surface area (Å²) in [6.45, 7) is 0. The summed E-state index contributed by atoms with van der Waals surface area (Å²) in [4.78, 5) is 54.1. The Morgan fingerprint density at radius 1 is 0.784 bits per heavy atom. The second kappa shape index (κ2) is 15.7. The minimum Gasteiger partial charge on any atom is -0.478 e. The van der Waals surface area contributed by atoms with Crippen molar-refractivity contribution in [2.75, 3.05) is 7.11 Å². The minimum atomic E-state index is -1.16. The second-order valence-electron chi connectivity index (χ2n) is 10.5. The maximum absolute atomic E-state index is 12.0. The number of carbonyl (C=O) groups excluding carboxylic acids is 1. The number of aromatic nitrogens is 2. The highest BCUT2D eigenvalue weighted by molar-refractivity contribution is 7.80. The van der Waals surface area contributed by atoms with Gasteiger partial charge in [-0.1, -0.05) is 60.7 Å². The lowest BCUT2D eigenvalue weighted by Crippen LogP contribution is -2.12. The van der Waals surface area contributed by atoms with Gasteiger partial charge < -0.3 is 15.6 Å². The summed E-state index contributed by atoms with van der Waals surface area (Å²) in [5.74, 6) is -1.78. The van der Waals surface area contributed by atoms with Crippen molar-refractivity contribution in [3.8, 4) is 44.1 Å². The van der Waals surface area contributed by atoms with Crippen molar-refractivity contribution < 1.29 is 29.3 Å². The Morgan fingerprint density at radius 2 is 1.35 bits per heavy atom. The average molecular weight is 720 g/mol. The molecular weight excluding hydrogens is 695 g/mol. The molecule has 0 amide bonds. The number of para-hydroxylation sites is 2. The van der Waals surface area contributed by atoms with Crippen LogP contribution in [0.1, 0.15) is 26.3 Å². The number of thiazole rings is 1. The third kappa shape index (κ3) is 7.96. The number of benzene rings is 4. The molecule has 2 heterocycles. The first kappa shape index (κ1) is 35.6. The molecule has 0 aliphatic heterocycles. The number of nitro benzene ring substituents is 2. The number of pyridine rings is 1. The number of nitro groups is 2. The predicted molar refractivity (Wildman–Crippen MR) is 196 cm³/mol. The van der Waals surface area contributed by atoms with Crippen LogP contribution in [0.2, 0.25) is 0 Å². The Balaban J connectivity index is 0.000000206. The third-order valence-electron chi connectivity index (χ3n) is 7.47. The smallest absolute Gasteiger partial charge is 0.338 e. The number of carboxylic acids is 1. The number of nitrogens with two attached hydrogens (primary N) is 1. The van der Waals surface area contributed by atoms with E-state index in [-0.39, 0.29) is 33.1 Å². The van der Waals surface area contributed by atoms with Gasteiger partial charge in [-0.25, -0.2) is 14.6 Å². The summed E-state index contributed by atoms with van der Waals surface area (Å²) in [6.07, 6.45) is 3.36. The molecule has 0 bridgehead atoms. The molecule has 0 aliphatic rings. The predicted octanol–water partition coefficient (Wildman–Crippen LogP) is 7.83. The molecule has 0 spiro atoms. The lowest BCUT2D eigenvalue weighted by molar-refractivity contribution is -0.384. The maximum Gasteiger partial charge on any atom is 0.338 e. The number of methoxy groups -OCH3 is 1. The van der Waals surface area contributed by atoms with Gasteiger partial charge in [0.15, 0.2) is 0 Å². The SMILES string of the molecule is COC(=O)c1cc(C(N)=S)ccc1-c1ccccc1[N+](=O)[O-].O=C(O)c1cc(-c2nc(-c3ccncc3)cs2)ccc1-c1ccccc1[N+](=O)[O-]. The van der Waals surface area contributed by atoms with Crippen LogP contribution in [0, 0.1) is 20.2 Å². The molecule has 254 valence electrons. The van der Waals surface area contributed by atoms with Crippen LogP contribution < -0.4 is 5.73 Å². The minimum absolute atomic E-state index is 0.0162. The van der Waals surface area contributed by atoms with E-state index in [1.807, 2.05) is 17.5 Å². The number of ether oxygens (including phenoxy) is 1. The van der Waals surface area contributed by atoms with Crippen molar-refractivity contribution in [2.24, 2.45) is 5.73 Å². The Labute approximate surface area is 298 Å². The number of rotatable bonds is 9. The van der Waals surface area contributed by atoms with Crippen LogP contribution >= 0.6 is 23.6 Å². The van der Waals surface area contributed by atoms with Crippen LogP contribution in [0.25, 0.3) is 44.1 Å². The third-order valence-corrected chi connectivity index (χ3v) is 8.60. The molecule has 0 unspecified atom stereocenters. The van der Waals surface area contributed by atoms with E-state index >= 15 is 0 Å². The van der Waals surface area contributed by atoms with Crippen molar-refractivity contribution in [1.29, 1.82) is 0 Å². The van der Waals surface area contributed by atoms with E-state index in [1.54, 1.807) is 73.1 Å². The quantitative estimate of drug-likeness (QED) is 0.0635. The van der Waals surface area contributed by atoms with Gasteiger partial charge in [-0.15, -0.1) is 11.3 Å². The Kier molecular flexibility index (Phi) is 10.9. The van der Waals surface area contributed by atoms with E-state index in [4.69, 9.17) is 22.7 Å². The van der Waals surface area contributed by atoms with Gasteiger partial charge in [0.2, 0.25) is 0 Å². The highest BCUT2D eigenvalue weighted by Gasteiger charge is 2.23. The summed E-state index contributed by atoms with van der Waals surface area (Å²) < 4.78 is 4.74. The number of hydrogen-bond donors (Lipinski definition) is 2. The largest absolute Gasteiger partial charge is 0.478 e. The molecule has 51 heavy (non-hydrogen) atoms. The van der Waals surface area contributed by atoms with E-state index in [9.17, 15) is 34.9 Å². The molecule has 2 aromatic heterocycles. The zero-order valence-corrected chi connectivity index (χ0v) is 28.1. The average Bonchev–Trinajstić information content (AvgIpc) is 3.65. The van der Waals surface area contributed by atoms with E-state index in [0.717, 1.165) is 11.3 Å². The number of aromatic carboxylic acids is 1. The van der Waals surface area contributed by atoms with Crippen molar-refractivity contribution in [3.05, 3.63) is 152 Å². The Bertz CT molecular complexity index is 2310. The van der Waals surface area contributed by atoms with Gasteiger partial charge in [0, 0.05) is 57.7 Å². The number of hydrogen-bond acceptors (Lipinski definition) is 11. The van der Waals surface area contributed by atoms with Crippen molar-refractivity contribution in [1.82, 2.24) is 9.97 Å². The molecule has 0 radical (unpaired) electrons. The van der Waals surface area contributed by atoms with Crippen LogP contribution in [-0.4, -0.2) is 49.0 Å². The summed E-state index contributed by atoms with van der Waals surface area (Å²) in [6, 6.07) is 25.4. The molecule has 15 heteroatoms. The Hall–Kier alpha value is -6.71. The normalized spacial score (nSPS) is 10.4. The van der Waals surface area contributed by atoms with Gasteiger partial charge >= 0.3 is 11.9 Å². The van der Waals surface area contributed by atoms with Crippen LogP contribution in [0.3, 0.4) is 0 Å². The number of carbonyl (C=O) groups is 2. The summed E-state index contributed by atoms with van der Waals surface area (Å²) in [7, 11) is 1.24. The molecule has 0 fully saturated rings. The molecule has 0 atom stereocenters. The molecule has 6 rings (SSSR count). The molecule has 6 aromatic rings. The fraction of sp³-hybridized carbons (Fsp3) is 0.0278. The second-order valence-corrected chi connectivity index (χ2v) is 11.8. The first-order valence-corrected chi connectivity index (χ1v) is 16.0. The van der Waals surface area contributed by atoms with Crippen molar-refractivity contribution >= 4 is 51.9 Å². The van der Waals surface area contributed by atoms with Gasteiger partial charge in [-0.05, 0) is 36.4 Å². The molecule has 0 saturated carbocycles. The molecule has 0 saturated heterocycles. The van der Waals surface area contributed by atoms with Crippen molar-refractivity contribution in [3.63, 3.8) is 0 Å². The highest BCUT2D eigenvalue weighted by atomic mass is 32.1. The summed E-state index contributed by atoms with van der Waals surface area (Å²) in [5, 5.41) is 34.8. The lowest BCUT2D eigenvalue weighted by atomic mass is 9.96. The molecule has 0 aliphatic carbocycles. The first-order chi connectivity index (χ1) is 24.5. The van der Waals surface area contributed by atoms with Crippen LogP contribution in [0.15, 0.2) is 115 Å². The topological polar surface area (TPSA) is 202 Å². The van der Waals surface area contributed by atoms with Gasteiger partial charge in [0.05, 0.1) is 44.9 Å². The van der Waals surface area contributed by atoms with Crippen molar-refractivity contribution in [2.45, 2.75) is 0 Å². The van der Waals surface area contributed by atoms with Crippen LogP contribution in [0.4, 0.5) is 11.4 Å². The highest BCUT2D eigenvalue weighted by Crippen LogP contribution is 2.36. The van der Waals surface area contributed by atoms with E-state index in [0.29, 0.717) is 32.8 Å². The first-order valence-electron chi connectivity index (χ1n) is 14.7. The monoisotopic (exact) mass is 719 g/mol. The lowest BCUT2D eigenvalue weighted by Gasteiger charge is -2.10. The fourth-order valence-electron chi connectivity index (χ4n) is 5.08. The van der Waals surface area contributed by atoms with Gasteiger partial charge in [0.25, 0.3) is 11.4 Å². The number of carboxylic acid groups (broad SMARTS) is 1. The van der Waals surface area contributed by atoms with Crippen LogP contribution in [-0.2, 0) is 4.74 Å². The van der Waals surface area contributed by atoms with Crippen LogP contribution in [0.5, 0.6) is 0 Å². The van der Waals surface area contributed by atoms with E-state index < -0.39 is 21.8 Å². The maximum atomic E-state index is 12.0. The number of esters is 1. The zero-order valence-electron chi connectivity index (χ0n) is 26.5. The van der Waals surface area contributed by atoms with Gasteiger partial charge in [-0.3, -0.25) is 25.2 Å². The molecule has 13 nitrogen and oxygen atoms in total. The summed E-state index contributed by atoms with van der Waals surface area (Å²) >= 11 is 6.28.